The van der Waals surface area contributed by atoms with Crippen molar-refractivity contribution in [2.75, 3.05) is 26.5 Å². The zero-order chi connectivity index (χ0) is 23.6. The summed E-state index contributed by atoms with van der Waals surface area (Å²) in [4.78, 5) is 12.4. The molecule has 0 aliphatic rings. The Morgan fingerprint density at radius 1 is 1.09 bits per heavy atom. The Bertz CT molecular complexity index is 1090. The van der Waals surface area contributed by atoms with Crippen LogP contribution in [0.5, 0.6) is 11.5 Å². The highest BCUT2D eigenvalue weighted by Gasteiger charge is 2.15. The zero-order valence-corrected chi connectivity index (χ0v) is 20.3. The van der Waals surface area contributed by atoms with Crippen molar-refractivity contribution in [2.45, 2.75) is 24.4 Å². The molecule has 0 atom stereocenters. The summed E-state index contributed by atoms with van der Waals surface area (Å²) in [5.41, 5.74) is 1.91. The first-order chi connectivity index (χ1) is 16.0. The van der Waals surface area contributed by atoms with Crippen LogP contribution in [0.3, 0.4) is 0 Å². The van der Waals surface area contributed by atoms with Crippen molar-refractivity contribution in [3.05, 3.63) is 71.5 Å². The first-order valence-corrected chi connectivity index (χ1v) is 11.8. The highest BCUT2D eigenvalue weighted by Crippen LogP contribution is 2.25. The molecular formula is C24H27ClN4O3S. The molecule has 0 aliphatic carbocycles. The second kappa shape index (κ2) is 12.3. The predicted molar refractivity (Wildman–Crippen MR) is 132 cm³/mol. The van der Waals surface area contributed by atoms with Crippen molar-refractivity contribution >= 4 is 29.3 Å². The normalized spacial score (nSPS) is 10.6. The number of aromatic nitrogens is 3. The highest BCUT2D eigenvalue weighted by molar-refractivity contribution is 7.99. The van der Waals surface area contributed by atoms with Gasteiger partial charge in [0.2, 0.25) is 5.91 Å². The SMILES string of the molecule is C=C(Cl)CSc1nnc(CCNC(=O)CCc2ccccc2OC)n1-c1ccc(OC)cc1. The fourth-order valence-corrected chi connectivity index (χ4v) is 4.14. The van der Waals surface area contributed by atoms with Crippen LogP contribution in [-0.2, 0) is 17.6 Å². The van der Waals surface area contributed by atoms with Crippen LogP contribution in [0.15, 0.2) is 65.3 Å². The smallest absolute Gasteiger partial charge is 0.220 e. The Kier molecular flexibility index (Phi) is 9.21. The van der Waals surface area contributed by atoms with Gasteiger partial charge in [-0.1, -0.05) is 48.1 Å². The van der Waals surface area contributed by atoms with E-state index in [4.69, 9.17) is 21.1 Å². The van der Waals surface area contributed by atoms with E-state index >= 15 is 0 Å². The van der Waals surface area contributed by atoms with Crippen molar-refractivity contribution in [2.24, 2.45) is 0 Å². The fraction of sp³-hybridized carbons (Fsp3) is 0.292. The number of carbonyl (C=O) groups excluding carboxylic acids is 1. The van der Waals surface area contributed by atoms with Gasteiger partial charge >= 0.3 is 0 Å². The molecule has 9 heteroatoms. The molecule has 1 heterocycles. The van der Waals surface area contributed by atoms with Gasteiger partial charge in [0.15, 0.2) is 5.16 Å². The number of para-hydroxylation sites is 1. The lowest BCUT2D eigenvalue weighted by atomic mass is 10.1. The fourth-order valence-electron chi connectivity index (χ4n) is 3.25. The molecule has 2 aromatic carbocycles. The molecule has 7 nitrogen and oxygen atoms in total. The molecule has 0 aliphatic heterocycles. The third kappa shape index (κ3) is 7.00. The first kappa shape index (κ1) is 24.7. The number of carbonyl (C=O) groups is 1. The molecule has 3 rings (SSSR count). The van der Waals surface area contributed by atoms with Crippen LogP contribution in [0.2, 0.25) is 0 Å². The molecule has 0 bridgehead atoms. The van der Waals surface area contributed by atoms with Crippen LogP contribution < -0.4 is 14.8 Å². The van der Waals surface area contributed by atoms with E-state index in [0.717, 1.165) is 28.6 Å². The number of halogens is 1. The van der Waals surface area contributed by atoms with Crippen LogP contribution in [0, 0.1) is 0 Å². The summed E-state index contributed by atoms with van der Waals surface area (Å²) in [6.45, 7) is 4.19. The van der Waals surface area contributed by atoms with Gasteiger partial charge in [0.1, 0.15) is 17.3 Å². The lowest BCUT2D eigenvalue weighted by Gasteiger charge is -2.12. The van der Waals surface area contributed by atoms with Crippen molar-refractivity contribution in [1.29, 1.82) is 0 Å². The molecule has 1 amide bonds. The standard InChI is InChI=1S/C24H27ClN4O3S/c1-17(25)16-33-24-28-27-22(29(24)19-9-11-20(31-2)12-10-19)14-15-26-23(30)13-8-18-6-4-5-7-21(18)32-3/h4-7,9-12H,1,8,13-16H2,2-3H3,(H,26,30). The van der Waals surface area contributed by atoms with E-state index in [-0.39, 0.29) is 5.91 Å². The van der Waals surface area contributed by atoms with E-state index in [1.165, 1.54) is 11.8 Å². The second-order valence-corrected chi connectivity index (χ2v) is 8.63. The number of nitrogens with one attached hydrogen (secondary N) is 1. The van der Waals surface area contributed by atoms with Crippen molar-refractivity contribution < 1.29 is 14.3 Å². The Morgan fingerprint density at radius 3 is 2.55 bits per heavy atom. The van der Waals surface area contributed by atoms with E-state index in [1.54, 1.807) is 14.2 Å². The van der Waals surface area contributed by atoms with Crippen molar-refractivity contribution in [1.82, 2.24) is 20.1 Å². The van der Waals surface area contributed by atoms with Crippen LogP contribution in [0.4, 0.5) is 0 Å². The maximum absolute atomic E-state index is 12.4. The molecule has 0 saturated heterocycles. The zero-order valence-electron chi connectivity index (χ0n) is 18.7. The summed E-state index contributed by atoms with van der Waals surface area (Å²) in [5, 5.41) is 12.9. The molecular weight excluding hydrogens is 460 g/mol. The van der Waals surface area contributed by atoms with Crippen molar-refractivity contribution in [3.8, 4) is 17.2 Å². The van der Waals surface area contributed by atoms with Gasteiger partial charge in [0.05, 0.1) is 14.2 Å². The maximum Gasteiger partial charge on any atom is 0.220 e. The summed E-state index contributed by atoms with van der Waals surface area (Å²) in [5.74, 6) is 2.80. The quantitative estimate of drug-likeness (QED) is 0.382. The Labute approximate surface area is 203 Å². The Morgan fingerprint density at radius 2 is 1.85 bits per heavy atom. The van der Waals surface area contributed by atoms with Crippen molar-refractivity contribution in [3.63, 3.8) is 0 Å². The minimum atomic E-state index is -0.0237. The maximum atomic E-state index is 12.4. The number of hydrogen-bond donors (Lipinski definition) is 1. The molecule has 0 radical (unpaired) electrons. The Balaban J connectivity index is 1.63. The van der Waals surface area contributed by atoms with Crippen LogP contribution in [-0.4, -0.2) is 47.2 Å². The number of methoxy groups -OCH3 is 2. The number of benzene rings is 2. The third-order valence-corrected chi connectivity index (χ3v) is 6.18. The molecule has 33 heavy (non-hydrogen) atoms. The van der Waals surface area contributed by atoms with Gasteiger partial charge in [0.25, 0.3) is 0 Å². The summed E-state index contributed by atoms with van der Waals surface area (Å²) in [6.07, 6.45) is 1.52. The molecule has 0 unspecified atom stereocenters. The van der Waals surface area contributed by atoms with Gasteiger partial charge < -0.3 is 14.8 Å². The van der Waals surface area contributed by atoms with Crippen LogP contribution in [0.1, 0.15) is 17.8 Å². The number of ether oxygens (including phenoxy) is 2. The minimum Gasteiger partial charge on any atom is -0.497 e. The van der Waals surface area contributed by atoms with E-state index in [0.29, 0.717) is 41.7 Å². The molecule has 3 aromatic rings. The second-order valence-electron chi connectivity index (χ2n) is 7.15. The van der Waals surface area contributed by atoms with E-state index in [1.807, 2.05) is 53.1 Å². The van der Waals surface area contributed by atoms with Gasteiger partial charge in [-0.05, 0) is 42.3 Å². The van der Waals surface area contributed by atoms with E-state index in [9.17, 15) is 4.79 Å². The lowest BCUT2D eigenvalue weighted by Crippen LogP contribution is -2.26. The molecule has 0 spiro atoms. The van der Waals surface area contributed by atoms with E-state index in [2.05, 4.69) is 22.1 Å². The minimum absolute atomic E-state index is 0.0237. The van der Waals surface area contributed by atoms with Crippen LogP contribution >= 0.6 is 23.4 Å². The summed E-state index contributed by atoms with van der Waals surface area (Å²) in [7, 11) is 3.26. The average Bonchev–Trinajstić information content (AvgIpc) is 3.24. The van der Waals surface area contributed by atoms with E-state index < -0.39 is 0 Å². The largest absolute Gasteiger partial charge is 0.497 e. The summed E-state index contributed by atoms with van der Waals surface area (Å²) >= 11 is 7.40. The number of nitrogens with zero attached hydrogens (tertiary/aromatic N) is 3. The van der Waals surface area contributed by atoms with Gasteiger partial charge in [-0.2, -0.15) is 0 Å². The highest BCUT2D eigenvalue weighted by atomic mass is 35.5. The molecule has 0 fully saturated rings. The monoisotopic (exact) mass is 486 g/mol. The number of thioether (sulfide) groups is 1. The van der Waals surface area contributed by atoms with Crippen LogP contribution in [0.25, 0.3) is 5.69 Å². The number of rotatable bonds is 12. The average molecular weight is 487 g/mol. The molecule has 1 N–H and O–H groups in total. The van der Waals surface area contributed by atoms with Gasteiger partial charge in [0, 0.05) is 35.9 Å². The molecule has 0 saturated carbocycles. The topological polar surface area (TPSA) is 78.3 Å². The summed E-state index contributed by atoms with van der Waals surface area (Å²) < 4.78 is 12.6. The third-order valence-electron chi connectivity index (χ3n) is 4.87. The number of amides is 1. The van der Waals surface area contributed by atoms with Gasteiger partial charge in [-0.25, -0.2) is 0 Å². The Hall–Kier alpha value is -2.97. The lowest BCUT2D eigenvalue weighted by molar-refractivity contribution is -0.121. The number of hydrogen-bond acceptors (Lipinski definition) is 6. The predicted octanol–water partition coefficient (Wildman–Crippen LogP) is 4.42. The molecule has 1 aromatic heterocycles. The van der Waals surface area contributed by atoms with Gasteiger partial charge in [-0.15, -0.1) is 10.2 Å². The van der Waals surface area contributed by atoms with Gasteiger partial charge in [-0.3, -0.25) is 9.36 Å². The first-order valence-electron chi connectivity index (χ1n) is 10.4. The summed E-state index contributed by atoms with van der Waals surface area (Å²) in [6, 6.07) is 15.4. The molecule has 174 valence electrons. The number of aryl methyl sites for hydroxylation is 1.